The third-order valence-electron chi connectivity index (χ3n) is 15.5. The van der Waals surface area contributed by atoms with Gasteiger partial charge in [0.2, 0.25) is 11.8 Å². The van der Waals surface area contributed by atoms with Gasteiger partial charge in [-0.05, 0) is 83.8 Å². The van der Waals surface area contributed by atoms with Crippen LogP contribution in [0.5, 0.6) is 11.8 Å². The first-order chi connectivity index (χ1) is 36.5. The van der Waals surface area contributed by atoms with Crippen molar-refractivity contribution in [2.75, 3.05) is 26.3 Å². The lowest BCUT2D eigenvalue weighted by Gasteiger charge is -2.29. The van der Waals surface area contributed by atoms with Gasteiger partial charge in [-0.1, -0.05) is 81.4 Å². The van der Waals surface area contributed by atoms with Gasteiger partial charge in [0.25, 0.3) is 17.1 Å². The lowest BCUT2D eigenvalue weighted by atomic mass is 9.87. The van der Waals surface area contributed by atoms with Crippen LogP contribution >= 0.6 is 17.1 Å². The number of hydrogen-bond donors (Lipinski definition) is 0. The molecule has 0 amide bonds. The third-order valence-corrected chi connectivity index (χ3v) is 19.3. The zero-order valence-corrected chi connectivity index (χ0v) is 45.8. The van der Waals surface area contributed by atoms with E-state index in [9.17, 15) is 0 Å². The summed E-state index contributed by atoms with van der Waals surface area (Å²) in [5.41, 5.74) is 4.29. The number of hydrogen-bond acceptors (Lipinski definition) is 17. The maximum atomic E-state index is 8.85. The predicted molar refractivity (Wildman–Crippen MR) is 282 cm³/mol. The number of aromatic nitrogens is 8. The SMILES string of the molecule is CCCOc1nc(C)nc2c1ncn2[C@H]1CC(O[P@@]2O[C@](C)(c3ccccc3)[C@@H]3CCCN32)[C@@H](CC)O1.CC[C@H]1O[C@@H](n2cnc3c(OCCC#N)nc(C)nc32)CC1O[P@]1O[C@@](C)(c2ccccc2)[C@H]2CCCN21. The van der Waals surface area contributed by atoms with Crippen LogP contribution in [0.25, 0.3) is 22.3 Å². The van der Waals surface area contributed by atoms with Crippen molar-refractivity contribution >= 4 is 39.4 Å². The molecule has 6 fully saturated rings. The monoisotopic (exact) mass is 1060 g/mol. The van der Waals surface area contributed by atoms with E-state index in [2.05, 4.69) is 135 Å². The summed E-state index contributed by atoms with van der Waals surface area (Å²) >= 11 is 0. The number of ether oxygens (including phenoxy) is 4. The second-order valence-corrected chi connectivity index (χ2v) is 23.3. The Hall–Kier alpha value is -4.83. The molecule has 398 valence electrons. The summed E-state index contributed by atoms with van der Waals surface area (Å²) in [6, 6.07) is 23.8. The van der Waals surface area contributed by atoms with Crippen molar-refractivity contribution in [3.05, 3.63) is 96.1 Å². The smallest absolute Gasteiger partial charge is 0.260 e. The topological polar surface area (TPSA) is 191 Å². The highest BCUT2D eigenvalue weighted by molar-refractivity contribution is 7.45. The summed E-state index contributed by atoms with van der Waals surface area (Å²) in [7, 11) is -2.40. The van der Waals surface area contributed by atoms with Gasteiger partial charge < -0.3 is 37.0 Å². The fourth-order valence-electron chi connectivity index (χ4n) is 11.7. The van der Waals surface area contributed by atoms with E-state index in [4.69, 9.17) is 42.3 Å². The molecule has 0 saturated carbocycles. The van der Waals surface area contributed by atoms with Gasteiger partial charge in [-0.3, -0.25) is 9.13 Å². The molecule has 6 aliphatic heterocycles. The van der Waals surface area contributed by atoms with E-state index in [0.29, 0.717) is 71.6 Å². The Morgan fingerprint density at radius 2 is 1.11 bits per heavy atom. The average molecular weight is 1060 g/mol. The van der Waals surface area contributed by atoms with Crippen molar-refractivity contribution in [3.63, 3.8) is 0 Å². The van der Waals surface area contributed by atoms with Crippen molar-refractivity contribution in [2.45, 2.75) is 173 Å². The van der Waals surface area contributed by atoms with Crippen LogP contribution in [-0.2, 0) is 38.8 Å². The van der Waals surface area contributed by atoms with Crippen molar-refractivity contribution in [3.8, 4) is 17.8 Å². The molecule has 0 spiro atoms. The minimum Gasteiger partial charge on any atom is -0.476 e. The second-order valence-electron chi connectivity index (χ2n) is 20.5. The van der Waals surface area contributed by atoms with Crippen LogP contribution in [0.3, 0.4) is 0 Å². The fourth-order valence-corrected chi connectivity index (χ4v) is 16.0. The highest BCUT2D eigenvalue weighted by Crippen LogP contribution is 2.65. The molecule has 75 heavy (non-hydrogen) atoms. The number of benzene rings is 2. The maximum Gasteiger partial charge on any atom is 0.260 e. The second kappa shape index (κ2) is 22.3. The minimum atomic E-state index is -1.21. The molecule has 6 aliphatic rings. The number of nitriles is 1. The number of fused-ring (bicyclic) bond motifs is 4. The van der Waals surface area contributed by atoms with Gasteiger partial charge in [-0.25, -0.2) is 29.3 Å². The van der Waals surface area contributed by atoms with Gasteiger partial charge in [0, 0.05) is 25.9 Å². The van der Waals surface area contributed by atoms with Crippen LogP contribution < -0.4 is 9.47 Å². The standard InChI is InChI=1S/C27H33N6O4P.C27H36N5O4P/c1-4-20-21(36-38-33-14-8-12-22(33)27(3,37-38)19-10-6-5-7-11-19)16-23(35-20)32-17-29-24-25(32)30-18(2)31-26(24)34-15-9-13-28;1-5-15-33-26-24-25(29-18(3)30-26)31(17-28-24)23-16-21(20(6-2)34-23)35-37-32-14-10-13-22(32)27(4,36-37)19-11-8-7-9-12-19/h5-7,10-11,17,20-23H,4,8-9,12,14-16H2,1-3H3;7-9,11-12,17,20-23H,5-6,10,13-16H2,1-4H3/t20-,21?,22-,23-,27+,38-;20-,21?,22+,23-,27-,37+/m11/s1. The Morgan fingerprint density at radius 1 is 0.653 bits per heavy atom. The number of aryl methyl sites for hydroxylation is 2. The lowest BCUT2D eigenvalue weighted by Crippen LogP contribution is -2.36. The zero-order chi connectivity index (χ0) is 51.8. The minimum absolute atomic E-state index is 0.0306. The van der Waals surface area contributed by atoms with Crippen molar-refractivity contribution in [1.29, 1.82) is 5.26 Å². The highest BCUT2D eigenvalue weighted by Gasteiger charge is 2.58. The van der Waals surface area contributed by atoms with Crippen LogP contribution in [0.2, 0.25) is 0 Å². The van der Waals surface area contributed by atoms with Crippen molar-refractivity contribution < 1.29 is 37.0 Å². The van der Waals surface area contributed by atoms with Gasteiger partial charge >= 0.3 is 0 Å². The number of imidazole rings is 2. The molecule has 0 N–H and O–H groups in total. The van der Waals surface area contributed by atoms with Gasteiger partial charge in [0.05, 0.1) is 68.3 Å². The zero-order valence-electron chi connectivity index (χ0n) is 44.0. The molecule has 10 heterocycles. The van der Waals surface area contributed by atoms with Crippen LogP contribution in [0, 0.1) is 25.2 Å². The molecular weight excluding hydrogens is 993 g/mol. The third kappa shape index (κ3) is 10.1. The molecule has 0 radical (unpaired) electrons. The predicted octanol–water partition coefficient (Wildman–Crippen LogP) is 10.8. The summed E-state index contributed by atoms with van der Waals surface area (Å²) in [5, 5.41) is 8.85. The van der Waals surface area contributed by atoms with E-state index in [1.165, 1.54) is 17.5 Å². The molecule has 12 atom stereocenters. The van der Waals surface area contributed by atoms with E-state index in [1.807, 2.05) is 29.0 Å². The van der Waals surface area contributed by atoms with Crippen LogP contribution in [0.4, 0.5) is 0 Å². The van der Waals surface area contributed by atoms with E-state index in [0.717, 1.165) is 57.3 Å². The first kappa shape index (κ1) is 52.2. The molecule has 2 unspecified atom stereocenters. The summed E-state index contributed by atoms with van der Waals surface area (Å²) < 4.78 is 60.6. The summed E-state index contributed by atoms with van der Waals surface area (Å²) in [5.74, 6) is 2.15. The van der Waals surface area contributed by atoms with E-state index >= 15 is 0 Å². The Morgan fingerprint density at radius 3 is 1.53 bits per heavy atom. The molecule has 6 aromatic rings. The fraction of sp³-hybridized carbons (Fsp3) is 0.574. The van der Waals surface area contributed by atoms with E-state index in [1.54, 1.807) is 12.7 Å². The van der Waals surface area contributed by atoms with Crippen molar-refractivity contribution in [1.82, 2.24) is 48.4 Å². The van der Waals surface area contributed by atoms with Gasteiger partial charge in [-0.2, -0.15) is 15.2 Å². The first-order valence-electron chi connectivity index (χ1n) is 26.8. The first-order valence-corrected chi connectivity index (χ1v) is 29.1. The average Bonchev–Trinajstić information content (AvgIpc) is 4.30. The van der Waals surface area contributed by atoms with Crippen LogP contribution in [-0.4, -0.2) is 111 Å². The highest BCUT2D eigenvalue weighted by atomic mass is 31.2. The molecule has 19 nitrogen and oxygen atoms in total. The number of nitrogens with zero attached hydrogens (tertiary/aromatic N) is 11. The largest absolute Gasteiger partial charge is 0.476 e. The van der Waals surface area contributed by atoms with Crippen molar-refractivity contribution in [2.24, 2.45) is 0 Å². The normalized spacial score (nSPS) is 31.4. The quantitative estimate of drug-likeness (QED) is 0.0656. The van der Waals surface area contributed by atoms with Gasteiger partial charge in [0.15, 0.2) is 22.3 Å². The Bertz CT molecular complexity index is 2970. The molecule has 12 rings (SSSR count). The summed E-state index contributed by atoms with van der Waals surface area (Å²) in [4.78, 5) is 27.3. The van der Waals surface area contributed by atoms with Crippen LogP contribution in [0.15, 0.2) is 73.3 Å². The molecule has 4 aromatic heterocycles. The molecule has 21 heteroatoms. The Balaban J connectivity index is 0.000000161. The number of rotatable bonds is 16. The summed E-state index contributed by atoms with van der Waals surface area (Å²) in [6.45, 7) is 17.3. The molecule has 2 aromatic carbocycles. The Labute approximate surface area is 441 Å². The van der Waals surface area contributed by atoms with Crippen LogP contribution in [0.1, 0.15) is 134 Å². The molecule has 6 saturated heterocycles. The van der Waals surface area contributed by atoms with Gasteiger partial charge in [0.1, 0.15) is 41.9 Å². The maximum absolute atomic E-state index is 8.85. The van der Waals surface area contributed by atoms with E-state index < -0.39 is 17.1 Å². The Kier molecular flexibility index (Phi) is 15.5. The van der Waals surface area contributed by atoms with E-state index in [-0.39, 0.29) is 61.1 Å². The molecule has 0 bridgehead atoms. The molecule has 0 aliphatic carbocycles. The summed E-state index contributed by atoms with van der Waals surface area (Å²) in [6.07, 6.45) is 11.5. The molecular formula is C54H69N11O8P2. The lowest BCUT2D eigenvalue weighted by molar-refractivity contribution is -0.0163. The van der Waals surface area contributed by atoms with Gasteiger partial charge in [-0.15, -0.1) is 0 Å².